The Kier molecular flexibility index (Phi) is 6.98. The molecule has 0 aromatic heterocycles. The van der Waals surface area contributed by atoms with E-state index in [0.29, 0.717) is 18.4 Å². The van der Waals surface area contributed by atoms with Crippen molar-refractivity contribution in [1.29, 1.82) is 0 Å². The van der Waals surface area contributed by atoms with Crippen molar-refractivity contribution in [2.75, 3.05) is 25.1 Å². The fourth-order valence-electron chi connectivity index (χ4n) is 2.27. The van der Waals surface area contributed by atoms with Gasteiger partial charge in [0.05, 0.1) is 6.61 Å². The van der Waals surface area contributed by atoms with Gasteiger partial charge in [-0.2, -0.15) is 0 Å². The van der Waals surface area contributed by atoms with Crippen molar-refractivity contribution in [2.45, 2.75) is 33.6 Å². The van der Waals surface area contributed by atoms with Gasteiger partial charge in [-0.3, -0.25) is 0 Å². The highest BCUT2D eigenvalue weighted by molar-refractivity contribution is 5.48. The minimum absolute atomic E-state index is 0.525. The Balaban J connectivity index is 1.74. The molecule has 0 bridgehead atoms. The molecular formula is C21H29NO2. The summed E-state index contributed by atoms with van der Waals surface area (Å²) < 4.78 is 11.5. The average molecular weight is 327 g/mol. The van der Waals surface area contributed by atoms with Crippen molar-refractivity contribution in [3.63, 3.8) is 0 Å². The van der Waals surface area contributed by atoms with E-state index in [2.05, 4.69) is 45.1 Å². The molecule has 0 heterocycles. The topological polar surface area (TPSA) is 30.5 Å². The van der Waals surface area contributed by atoms with Crippen molar-refractivity contribution in [2.24, 2.45) is 5.92 Å². The molecule has 0 fully saturated rings. The van der Waals surface area contributed by atoms with Crippen LogP contribution in [0.4, 0.5) is 5.69 Å². The van der Waals surface area contributed by atoms with Crippen LogP contribution in [0.2, 0.25) is 0 Å². The minimum atomic E-state index is 0.525. The zero-order chi connectivity index (χ0) is 17.4. The van der Waals surface area contributed by atoms with Crippen LogP contribution in [0.1, 0.15) is 39.2 Å². The van der Waals surface area contributed by atoms with Crippen molar-refractivity contribution >= 4 is 5.69 Å². The van der Waals surface area contributed by atoms with E-state index in [1.807, 2.05) is 36.4 Å². The van der Waals surface area contributed by atoms with Gasteiger partial charge < -0.3 is 14.8 Å². The standard InChI is InChI=1S/C21H29NO2/c1-16(2)15-24-21-7-5-6-19(14-21)22-12-13-23-20-10-8-18(9-11-20)17(3)4/h5-11,14,16-17,22H,12-13,15H2,1-4H3. The third-order valence-corrected chi connectivity index (χ3v) is 3.66. The van der Waals surface area contributed by atoms with E-state index >= 15 is 0 Å². The number of hydrogen-bond donors (Lipinski definition) is 1. The predicted molar refractivity (Wildman–Crippen MR) is 101 cm³/mol. The lowest BCUT2D eigenvalue weighted by Crippen LogP contribution is -2.11. The zero-order valence-electron chi connectivity index (χ0n) is 15.2. The molecule has 0 unspecified atom stereocenters. The Bertz CT molecular complexity index is 605. The number of anilines is 1. The molecule has 0 aliphatic rings. The molecule has 2 rings (SSSR count). The van der Waals surface area contributed by atoms with E-state index in [0.717, 1.165) is 30.3 Å². The molecule has 0 spiro atoms. The molecule has 3 nitrogen and oxygen atoms in total. The van der Waals surface area contributed by atoms with E-state index in [-0.39, 0.29) is 0 Å². The summed E-state index contributed by atoms with van der Waals surface area (Å²) in [6.07, 6.45) is 0. The number of ether oxygens (including phenoxy) is 2. The van der Waals surface area contributed by atoms with Gasteiger partial charge in [-0.1, -0.05) is 45.9 Å². The van der Waals surface area contributed by atoms with Gasteiger partial charge in [0.15, 0.2) is 0 Å². The first-order chi connectivity index (χ1) is 11.5. The fraction of sp³-hybridized carbons (Fsp3) is 0.429. The molecule has 2 aromatic rings. The van der Waals surface area contributed by atoms with E-state index in [1.165, 1.54) is 5.56 Å². The molecule has 0 atom stereocenters. The first-order valence-corrected chi connectivity index (χ1v) is 8.74. The minimum Gasteiger partial charge on any atom is -0.493 e. The molecule has 130 valence electrons. The van der Waals surface area contributed by atoms with Crippen LogP contribution in [0, 0.1) is 5.92 Å². The number of nitrogens with one attached hydrogen (secondary N) is 1. The summed E-state index contributed by atoms with van der Waals surface area (Å²) in [4.78, 5) is 0. The molecule has 0 saturated heterocycles. The zero-order valence-corrected chi connectivity index (χ0v) is 15.2. The van der Waals surface area contributed by atoms with E-state index in [1.54, 1.807) is 0 Å². The van der Waals surface area contributed by atoms with Gasteiger partial charge in [-0.05, 0) is 41.7 Å². The van der Waals surface area contributed by atoms with Gasteiger partial charge in [-0.15, -0.1) is 0 Å². The molecule has 0 saturated carbocycles. The van der Waals surface area contributed by atoms with Gasteiger partial charge in [0.1, 0.15) is 18.1 Å². The normalized spacial score (nSPS) is 10.9. The summed E-state index contributed by atoms with van der Waals surface area (Å²) in [7, 11) is 0. The molecule has 0 amide bonds. The number of benzene rings is 2. The predicted octanol–water partition coefficient (Wildman–Crippen LogP) is 5.34. The van der Waals surface area contributed by atoms with E-state index < -0.39 is 0 Å². The van der Waals surface area contributed by atoms with E-state index in [4.69, 9.17) is 9.47 Å². The van der Waals surface area contributed by atoms with Crippen molar-refractivity contribution in [3.05, 3.63) is 54.1 Å². The monoisotopic (exact) mass is 327 g/mol. The molecule has 0 aliphatic heterocycles. The van der Waals surface area contributed by atoms with Crippen LogP contribution in [0.25, 0.3) is 0 Å². The highest BCUT2D eigenvalue weighted by atomic mass is 16.5. The highest BCUT2D eigenvalue weighted by Crippen LogP contribution is 2.19. The quantitative estimate of drug-likeness (QED) is 0.631. The van der Waals surface area contributed by atoms with Crippen LogP contribution in [-0.2, 0) is 0 Å². The number of hydrogen-bond acceptors (Lipinski definition) is 3. The van der Waals surface area contributed by atoms with Crippen molar-refractivity contribution in [1.82, 2.24) is 0 Å². The van der Waals surface area contributed by atoms with Crippen molar-refractivity contribution in [3.8, 4) is 11.5 Å². The van der Waals surface area contributed by atoms with Gasteiger partial charge in [0.2, 0.25) is 0 Å². The number of rotatable bonds is 9. The Hall–Kier alpha value is -2.16. The third kappa shape index (κ3) is 6.15. The lowest BCUT2D eigenvalue weighted by atomic mass is 10.0. The second kappa shape index (κ2) is 9.21. The van der Waals surface area contributed by atoms with Gasteiger partial charge in [0, 0.05) is 18.3 Å². The summed E-state index contributed by atoms with van der Waals surface area (Å²) >= 11 is 0. The summed E-state index contributed by atoms with van der Waals surface area (Å²) in [5.74, 6) is 2.89. The average Bonchev–Trinajstić information content (AvgIpc) is 2.58. The SMILES string of the molecule is CC(C)COc1cccc(NCCOc2ccc(C(C)C)cc2)c1. The first kappa shape index (κ1) is 18.2. The van der Waals surface area contributed by atoms with Crippen LogP contribution in [0.5, 0.6) is 11.5 Å². The summed E-state index contributed by atoms with van der Waals surface area (Å²) in [6.45, 7) is 10.8. The van der Waals surface area contributed by atoms with Gasteiger partial charge >= 0.3 is 0 Å². The van der Waals surface area contributed by atoms with Crippen LogP contribution in [0.15, 0.2) is 48.5 Å². The lowest BCUT2D eigenvalue weighted by molar-refractivity contribution is 0.271. The molecule has 1 N–H and O–H groups in total. The Morgan fingerprint density at radius 1 is 0.875 bits per heavy atom. The Labute approximate surface area is 146 Å². The highest BCUT2D eigenvalue weighted by Gasteiger charge is 2.01. The second-order valence-electron chi connectivity index (χ2n) is 6.73. The second-order valence-corrected chi connectivity index (χ2v) is 6.73. The van der Waals surface area contributed by atoms with Crippen LogP contribution in [0.3, 0.4) is 0 Å². The van der Waals surface area contributed by atoms with Gasteiger partial charge in [-0.25, -0.2) is 0 Å². The summed E-state index contributed by atoms with van der Waals surface area (Å²) in [5.41, 5.74) is 2.38. The van der Waals surface area contributed by atoms with Crippen molar-refractivity contribution < 1.29 is 9.47 Å². The van der Waals surface area contributed by atoms with E-state index in [9.17, 15) is 0 Å². The van der Waals surface area contributed by atoms with Gasteiger partial charge in [0.25, 0.3) is 0 Å². The molecular weight excluding hydrogens is 298 g/mol. The maximum atomic E-state index is 5.78. The molecule has 2 aromatic carbocycles. The summed E-state index contributed by atoms with van der Waals surface area (Å²) in [5, 5.41) is 3.37. The Morgan fingerprint density at radius 2 is 1.62 bits per heavy atom. The van der Waals surface area contributed by atoms with Crippen LogP contribution >= 0.6 is 0 Å². The smallest absolute Gasteiger partial charge is 0.121 e. The summed E-state index contributed by atoms with van der Waals surface area (Å²) in [6, 6.07) is 16.4. The maximum Gasteiger partial charge on any atom is 0.121 e. The van der Waals surface area contributed by atoms with Crippen LogP contribution < -0.4 is 14.8 Å². The fourth-order valence-corrected chi connectivity index (χ4v) is 2.27. The largest absolute Gasteiger partial charge is 0.493 e. The van der Waals surface area contributed by atoms with Crippen LogP contribution in [-0.4, -0.2) is 19.8 Å². The molecule has 0 aliphatic carbocycles. The molecule has 0 radical (unpaired) electrons. The lowest BCUT2D eigenvalue weighted by Gasteiger charge is -2.12. The third-order valence-electron chi connectivity index (χ3n) is 3.66. The molecule has 3 heteroatoms. The molecule has 24 heavy (non-hydrogen) atoms. The maximum absolute atomic E-state index is 5.78. The first-order valence-electron chi connectivity index (χ1n) is 8.74. The Morgan fingerprint density at radius 3 is 2.29 bits per heavy atom.